The predicted octanol–water partition coefficient (Wildman–Crippen LogP) is 5.51. The minimum atomic E-state index is -0.361. The second-order valence-electron chi connectivity index (χ2n) is 6.49. The Bertz CT molecular complexity index is 646. The molecular weight excluding hydrogens is 329 g/mol. The number of aryl methyl sites for hydroxylation is 1. The van der Waals surface area contributed by atoms with Crippen LogP contribution in [-0.4, -0.2) is 5.91 Å². The van der Waals surface area contributed by atoms with Crippen LogP contribution < -0.4 is 10.5 Å². The van der Waals surface area contributed by atoms with E-state index in [1.165, 1.54) is 11.6 Å². The van der Waals surface area contributed by atoms with Crippen molar-refractivity contribution in [1.29, 1.82) is 0 Å². The third-order valence-electron chi connectivity index (χ3n) is 3.42. The first-order chi connectivity index (χ1) is 12.2. The number of carbonyl (C=O) groups excluding carboxylic acids is 1. The molecule has 0 aliphatic carbocycles. The van der Waals surface area contributed by atoms with E-state index in [4.69, 9.17) is 10.5 Å². The summed E-state index contributed by atoms with van der Waals surface area (Å²) in [5, 5.41) is 0. The lowest BCUT2D eigenvalue weighted by Gasteiger charge is -2.10. The highest BCUT2D eigenvalue weighted by molar-refractivity contribution is 5.79. The van der Waals surface area contributed by atoms with Crippen molar-refractivity contribution < 1.29 is 13.9 Å². The Morgan fingerprint density at radius 3 is 1.96 bits per heavy atom. The van der Waals surface area contributed by atoms with Gasteiger partial charge in [0, 0.05) is 11.0 Å². The lowest BCUT2D eigenvalue weighted by Crippen LogP contribution is -2.27. The Morgan fingerprint density at radius 2 is 1.54 bits per heavy atom. The second kappa shape index (κ2) is 12.1. The molecule has 0 bridgehead atoms. The number of rotatable bonds is 4. The first-order valence-electron chi connectivity index (χ1n) is 8.99. The molecule has 2 rings (SSSR count). The summed E-state index contributed by atoms with van der Waals surface area (Å²) in [6.45, 7) is 11.7. The number of hydrogen-bond acceptors (Lipinski definition) is 2. The average molecular weight is 362 g/mol. The Kier molecular flexibility index (Phi) is 11.0. The quantitative estimate of drug-likeness (QED) is 0.780. The van der Waals surface area contributed by atoms with Crippen LogP contribution in [-0.2, 0) is 17.8 Å². The normalized spacial score (nSPS) is 9.96. The van der Waals surface area contributed by atoms with Gasteiger partial charge in [-0.25, -0.2) is 4.39 Å². The van der Waals surface area contributed by atoms with E-state index in [0.29, 0.717) is 5.56 Å². The Balaban J connectivity index is 0.000000589. The molecule has 0 aliphatic rings. The van der Waals surface area contributed by atoms with Crippen LogP contribution in [0.1, 0.15) is 52.7 Å². The fourth-order valence-corrected chi connectivity index (χ4v) is 1.60. The van der Waals surface area contributed by atoms with Gasteiger partial charge >= 0.3 is 0 Å². The summed E-state index contributed by atoms with van der Waals surface area (Å²) in [7, 11) is 0. The van der Waals surface area contributed by atoms with Gasteiger partial charge in [-0.1, -0.05) is 71.9 Å². The van der Waals surface area contributed by atoms with E-state index >= 15 is 0 Å². The third kappa shape index (κ3) is 9.21. The molecule has 0 atom stereocenters. The van der Waals surface area contributed by atoms with Crippen molar-refractivity contribution >= 4 is 5.91 Å². The van der Waals surface area contributed by atoms with Crippen molar-refractivity contribution in [2.75, 3.05) is 0 Å². The summed E-state index contributed by atoms with van der Waals surface area (Å²) in [6.07, 6.45) is 1.01. The Labute approximate surface area is 157 Å². The summed E-state index contributed by atoms with van der Waals surface area (Å²) in [4.78, 5) is 10.2. The van der Waals surface area contributed by atoms with Crippen molar-refractivity contribution in [2.45, 2.75) is 54.6 Å². The zero-order valence-electron chi connectivity index (χ0n) is 16.8. The van der Waals surface area contributed by atoms with Gasteiger partial charge in [0.25, 0.3) is 0 Å². The van der Waals surface area contributed by atoms with Crippen LogP contribution in [0, 0.1) is 11.2 Å². The predicted molar refractivity (Wildman–Crippen MR) is 107 cm³/mol. The number of halogens is 1. The highest BCUT2D eigenvalue weighted by Gasteiger charge is 2.16. The van der Waals surface area contributed by atoms with Crippen LogP contribution in [0.25, 0.3) is 0 Å². The summed E-state index contributed by atoms with van der Waals surface area (Å²) in [5.74, 6) is 0.288. The molecule has 2 N–H and O–H groups in total. The Morgan fingerprint density at radius 1 is 1.04 bits per heavy atom. The molecule has 4 heteroatoms. The molecule has 0 unspecified atom stereocenters. The van der Waals surface area contributed by atoms with Gasteiger partial charge in [-0.15, -0.1) is 0 Å². The van der Waals surface area contributed by atoms with Crippen LogP contribution >= 0.6 is 0 Å². The zero-order chi connectivity index (χ0) is 20.2. The number of benzene rings is 2. The van der Waals surface area contributed by atoms with E-state index in [1.807, 2.05) is 44.2 Å². The maximum Gasteiger partial charge on any atom is 0.222 e. The summed E-state index contributed by atoms with van der Waals surface area (Å²) in [6, 6.07) is 14.5. The zero-order valence-corrected chi connectivity index (χ0v) is 16.8. The Hall–Kier alpha value is -2.36. The fraction of sp³-hybridized carbons (Fsp3) is 0.409. The molecule has 0 saturated carbocycles. The smallest absolute Gasteiger partial charge is 0.222 e. The maximum atomic E-state index is 13.3. The van der Waals surface area contributed by atoms with Gasteiger partial charge in [-0.2, -0.15) is 0 Å². The van der Waals surface area contributed by atoms with Gasteiger partial charge in [-0.3, -0.25) is 4.79 Å². The highest BCUT2D eigenvalue weighted by atomic mass is 19.1. The van der Waals surface area contributed by atoms with E-state index in [0.717, 1.165) is 12.2 Å². The molecule has 144 valence electrons. The van der Waals surface area contributed by atoms with Crippen LogP contribution in [0.4, 0.5) is 4.39 Å². The molecule has 0 radical (unpaired) electrons. The first-order valence-corrected chi connectivity index (χ1v) is 8.99. The summed E-state index contributed by atoms with van der Waals surface area (Å²) >= 11 is 0. The van der Waals surface area contributed by atoms with Crippen LogP contribution in [0.3, 0.4) is 0 Å². The lowest BCUT2D eigenvalue weighted by molar-refractivity contribution is -0.125. The molecule has 0 fully saturated rings. The van der Waals surface area contributed by atoms with Gasteiger partial charge in [0.15, 0.2) is 0 Å². The standard InChI is InChI=1S/C15H15FO.C5H11NO.C2H6/c1-2-12-7-9-14(10-8-12)17-11-13-5-3-4-6-15(13)16;1-5(2,3)4(6)7;1-2/h3-10H,2,11H2,1H3;1-3H3,(H2,6,7);1-2H3. The van der Waals surface area contributed by atoms with E-state index in [2.05, 4.69) is 6.92 Å². The third-order valence-corrected chi connectivity index (χ3v) is 3.42. The first kappa shape index (κ1) is 23.6. The largest absolute Gasteiger partial charge is 0.489 e. The second-order valence-corrected chi connectivity index (χ2v) is 6.49. The molecule has 26 heavy (non-hydrogen) atoms. The van der Waals surface area contributed by atoms with Crippen LogP contribution in [0.5, 0.6) is 5.75 Å². The number of ether oxygens (including phenoxy) is 1. The summed E-state index contributed by atoms with van der Waals surface area (Å²) < 4.78 is 18.9. The van der Waals surface area contributed by atoms with Gasteiger partial charge < -0.3 is 10.5 Å². The molecule has 0 heterocycles. The average Bonchev–Trinajstić information content (AvgIpc) is 2.63. The van der Waals surface area contributed by atoms with Crippen molar-refractivity contribution in [3.8, 4) is 5.75 Å². The minimum absolute atomic E-state index is 0.224. The van der Waals surface area contributed by atoms with Gasteiger partial charge in [0.05, 0.1) is 0 Å². The summed E-state index contributed by atoms with van der Waals surface area (Å²) in [5.41, 5.74) is 6.41. The maximum absolute atomic E-state index is 13.3. The van der Waals surface area contributed by atoms with Gasteiger partial charge in [0.1, 0.15) is 18.2 Å². The minimum Gasteiger partial charge on any atom is -0.489 e. The molecule has 0 spiro atoms. The fourth-order valence-electron chi connectivity index (χ4n) is 1.60. The van der Waals surface area contributed by atoms with Gasteiger partial charge in [-0.05, 0) is 30.2 Å². The SMILES string of the molecule is CC.CC(C)(C)C(N)=O.CCc1ccc(OCc2ccccc2F)cc1. The van der Waals surface area contributed by atoms with E-state index in [9.17, 15) is 9.18 Å². The van der Waals surface area contributed by atoms with Crippen molar-refractivity contribution in [3.05, 3.63) is 65.5 Å². The molecule has 0 aliphatic heterocycles. The number of carbonyl (C=O) groups is 1. The van der Waals surface area contributed by atoms with Crippen molar-refractivity contribution in [1.82, 2.24) is 0 Å². The van der Waals surface area contributed by atoms with Gasteiger partial charge in [0.2, 0.25) is 5.91 Å². The lowest BCUT2D eigenvalue weighted by atomic mass is 9.96. The highest BCUT2D eigenvalue weighted by Crippen LogP contribution is 2.15. The number of amides is 1. The molecular formula is C22H32FNO2. The monoisotopic (exact) mass is 361 g/mol. The number of nitrogens with two attached hydrogens (primary N) is 1. The number of hydrogen-bond donors (Lipinski definition) is 1. The molecule has 0 saturated heterocycles. The molecule has 0 aromatic heterocycles. The van der Waals surface area contributed by atoms with E-state index in [-0.39, 0.29) is 23.7 Å². The van der Waals surface area contributed by atoms with E-state index in [1.54, 1.807) is 32.9 Å². The molecule has 2 aromatic carbocycles. The van der Waals surface area contributed by atoms with Crippen LogP contribution in [0.2, 0.25) is 0 Å². The van der Waals surface area contributed by atoms with Crippen LogP contribution in [0.15, 0.2) is 48.5 Å². The van der Waals surface area contributed by atoms with E-state index < -0.39 is 0 Å². The van der Waals surface area contributed by atoms with Crippen molar-refractivity contribution in [2.24, 2.45) is 11.1 Å². The molecule has 2 aromatic rings. The molecule has 1 amide bonds. The number of primary amides is 1. The molecule has 3 nitrogen and oxygen atoms in total. The van der Waals surface area contributed by atoms with Crippen molar-refractivity contribution in [3.63, 3.8) is 0 Å². The topological polar surface area (TPSA) is 52.3 Å².